The maximum atomic E-state index is 12.2. The average Bonchev–Trinajstić information content (AvgIpc) is 3.36. The van der Waals surface area contributed by atoms with Crippen molar-refractivity contribution in [2.75, 3.05) is 11.1 Å². The number of nitrogens with zero attached hydrogens (tertiary/aromatic N) is 3. The molecule has 2 aromatic heterocycles. The third-order valence-electron chi connectivity index (χ3n) is 3.93. The topological polar surface area (TPSA) is 129 Å². The number of hydrogen-bond acceptors (Lipinski definition) is 9. The van der Waals surface area contributed by atoms with Crippen LogP contribution in [0.3, 0.4) is 0 Å². The number of imide groups is 1. The Kier molecular flexibility index (Phi) is 5.65. The Morgan fingerprint density at radius 2 is 2.26 bits per heavy atom. The van der Waals surface area contributed by atoms with Gasteiger partial charge in [0.25, 0.3) is 5.91 Å². The van der Waals surface area contributed by atoms with Crippen molar-refractivity contribution in [3.8, 4) is 0 Å². The monoisotopic (exact) mass is 410 g/mol. The summed E-state index contributed by atoms with van der Waals surface area (Å²) < 4.78 is 5.80. The third-order valence-corrected chi connectivity index (χ3v) is 5.95. The van der Waals surface area contributed by atoms with Gasteiger partial charge in [-0.05, 0) is 25.5 Å². The van der Waals surface area contributed by atoms with Gasteiger partial charge in [-0.25, -0.2) is 4.79 Å². The highest BCUT2D eigenvalue weighted by Gasteiger charge is 2.47. The second-order valence-corrected chi connectivity index (χ2v) is 8.09. The van der Waals surface area contributed by atoms with Crippen molar-refractivity contribution in [3.05, 3.63) is 24.2 Å². The summed E-state index contributed by atoms with van der Waals surface area (Å²) in [6.45, 7) is 3.88. The number of hydrogen-bond donors (Lipinski definition) is 3. The van der Waals surface area contributed by atoms with Crippen molar-refractivity contribution in [1.82, 2.24) is 25.9 Å². The van der Waals surface area contributed by atoms with Crippen LogP contribution in [-0.2, 0) is 16.1 Å². The predicted octanol–water partition coefficient (Wildman–Crippen LogP) is 1.59. The van der Waals surface area contributed by atoms with Gasteiger partial charge >= 0.3 is 6.03 Å². The number of carbonyl (C=O) groups is 3. The Bertz CT molecular complexity index is 839. The van der Waals surface area contributed by atoms with E-state index < -0.39 is 23.4 Å². The van der Waals surface area contributed by atoms with Gasteiger partial charge in [0.1, 0.15) is 11.3 Å². The average molecular weight is 410 g/mol. The lowest BCUT2D eigenvalue weighted by Crippen LogP contribution is -2.49. The van der Waals surface area contributed by atoms with Crippen molar-refractivity contribution in [2.45, 2.75) is 36.7 Å². The number of hydrazine groups is 1. The molecule has 0 radical (unpaired) electrons. The molecule has 1 saturated heterocycles. The zero-order valence-electron chi connectivity index (χ0n) is 14.6. The minimum atomic E-state index is -0.995. The molecule has 3 rings (SSSR count). The second kappa shape index (κ2) is 7.96. The highest BCUT2D eigenvalue weighted by atomic mass is 32.2. The van der Waals surface area contributed by atoms with Crippen LogP contribution < -0.4 is 16.1 Å². The van der Waals surface area contributed by atoms with Crippen LogP contribution in [0.2, 0.25) is 0 Å². The fraction of sp³-hybridized carbons (Fsp3) is 0.400. The van der Waals surface area contributed by atoms with Gasteiger partial charge < -0.3 is 15.1 Å². The number of nitrogens with one attached hydrogen (secondary N) is 3. The van der Waals surface area contributed by atoms with E-state index >= 15 is 0 Å². The molecule has 144 valence electrons. The zero-order valence-corrected chi connectivity index (χ0v) is 16.3. The van der Waals surface area contributed by atoms with Crippen LogP contribution in [0.1, 0.15) is 26.0 Å². The maximum Gasteiger partial charge on any atom is 0.344 e. The molecule has 3 N–H and O–H groups in total. The molecule has 3 heterocycles. The highest BCUT2D eigenvalue weighted by Crippen LogP contribution is 2.26. The molecule has 2 aromatic rings. The number of carbonyl (C=O) groups excluding carboxylic acids is 3. The molecule has 1 fully saturated rings. The smallest absolute Gasteiger partial charge is 0.344 e. The van der Waals surface area contributed by atoms with Crippen molar-refractivity contribution >= 4 is 46.1 Å². The van der Waals surface area contributed by atoms with Crippen LogP contribution >= 0.6 is 23.1 Å². The van der Waals surface area contributed by atoms with E-state index in [-0.39, 0.29) is 5.75 Å². The van der Waals surface area contributed by atoms with Gasteiger partial charge in [-0.1, -0.05) is 30.0 Å². The lowest BCUT2D eigenvalue weighted by Gasteiger charge is -2.19. The molecule has 0 spiro atoms. The van der Waals surface area contributed by atoms with Crippen LogP contribution in [0.25, 0.3) is 0 Å². The molecule has 1 aliphatic rings. The van der Waals surface area contributed by atoms with Crippen molar-refractivity contribution in [3.63, 3.8) is 0 Å². The first-order valence-corrected chi connectivity index (χ1v) is 9.90. The minimum Gasteiger partial charge on any atom is -0.467 e. The maximum absolute atomic E-state index is 12.2. The predicted molar refractivity (Wildman–Crippen MR) is 98.9 cm³/mol. The lowest BCUT2D eigenvalue weighted by atomic mass is 10.00. The van der Waals surface area contributed by atoms with Gasteiger partial charge in [0.05, 0.1) is 18.6 Å². The first kappa shape index (κ1) is 19.2. The third kappa shape index (κ3) is 4.39. The molecule has 0 bridgehead atoms. The number of furan rings is 1. The van der Waals surface area contributed by atoms with Crippen LogP contribution in [0.15, 0.2) is 27.2 Å². The fourth-order valence-electron chi connectivity index (χ4n) is 2.23. The zero-order chi connectivity index (χ0) is 19.4. The number of thioether (sulfide) groups is 1. The van der Waals surface area contributed by atoms with Crippen LogP contribution in [0.5, 0.6) is 0 Å². The molecule has 0 saturated carbocycles. The van der Waals surface area contributed by atoms with E-state index in [1.54, 1.807) is 26.2 Å². The summed E-state index contributed by atoms with van der Waals surface area (Å²) in [5.74, 6) is -0.198. The van der Waals surface area contributed by atoms with Crippen LogP contribution in [0.4, 0.5) is 9.93 Å². The Labute approximate surface area is 163 Å². The normalized spacial score (nSPS) is 19.3. The molecule has 4 amide bonds. The number of anilines is 1. The SMILES string of the molecule is CC[C@@]1(C)NC(=O)N(NC(=O)CSc2nnc(NCc3ccco3)s2)C1=O. The minimum absolute atomic E-state index is 0.00723. The molecule has 1 atom stereocenters. The quantitative estimate of drug-likeness (QED) is 0.442. The molecule has 1 aliphatic heterocycles. The van der Waals surface area contributed by atoms with E-state index in [0.717, 1.165) is 22.5 Å². The summed E-state index contributed by atoms with van der Waals surface area (Å²) in [5.41, 5.74) is 1.33. The van der Waals surface area contributed by atoms with Crippen LogP contribution in [-0.4, -0.2) is 44.3 Å². The number of rotatable bonds is 8. The van der Waals surface area contributed by atoms with E-state index in [9.17, 15) is 14.4 Å². The summed E-state index contributed by atoms with van der Waals surface area (Å²) in [6.07, 6.45) is 2.02. The Morgan fingerprint density at radius 1 is 1.44 bits per heavy atom. The van der Waals surface area contributed by atoms with E-state index in [1.165, 1.54) is 11.3 Å². The summed E-state index contributed by atoms with van der Waals surface area (Å²) in [6, 6.07) is 3.00. The standard InChI is InChI=1S/C15H18N6O4S2/c1-3-15(2)11(23)21(13(24)17-15)20-10(22)8-26-14-19-18-12(27-14)16-7-9-5-4-6-25-9/h4-6H,3,7-8H2,1-2H3,(H,16,18)(H,17,24)(H,20,22)/t15-/m1/s1. The largest absolute Gasteiger partial charge is 0.467 e. The molecule has 0 aliphatic carbocycles. The lowest BCUT2D eigenvalue weighted by molar-refractivity contribution is -0.137. The Balaban J connectivity index is 1.47. The Morgan fingerprint density at radius 3 is 2.93 bits per heavy atom. The molecule has 12 heteroatoms. The second-order valence-electron chi connectivity index (χ2n) is 5.89. The first-order chi connectivity index (χ1) is 12.9. The van der Waals surface area contributed by atoms with Gasteiger partial charge in [-0.3, -0.25) is 15.0 Å². The summed E-state index contributed by atoms with van der Waals surface area (Å²) in [4.78, 5) is 36.2. The highest BCUT2D eigenvalue weighted by molar-refractivity contribution is 8.01. The van der Waals surface area contributed by atoms with Gasteiger partial charge in [0.2, 0.25) is 11.0 Å². The van der Waals surface area contributed by atoms with Gasteiger partial charge in [-0.15, -0.1) is 10.2 Å². The summed E-state index contributed by atoms with van der Waals surface area (Å²) in [7, 11) is 0. The summed E-state index contributed by atoms with van der Waals surface area (Å²) in [5, 5.41) is 14.9. The van der Waals surface area contributed by atoms with E-state index in [4.69, 9.17) is 4.42 Å². The fourth-order valence-corrected chi connectivity index (χ4v) is 3.77. The van der Waals surface area contributed by atoms with Crippen molar-refractivity contribution in [1.29, 1.82) is 0 Å². The number of amides is 4. The molecular weight excluding hydrogens is 392 g/mol. The van der Waals surface area contributed by atoms with Gasteiger partial charge in [0, 0.05) is 0 Å². The van der Waals surface area contributed by atoms with E-state index in [1.807, 2.05) is 6.07 Å². The first-order valence-electron chi connectivity index (χ1n) is 8.10. The molecular formula is C15H18N6O4S2. The van der Waals surface area contributed by atoms with Gasteiger partial charge in [-0.2, -0.15) is 5.01 Å². The molecule has 0 aromatic carbocycles. The summed E-state index contributed by atoms with van der Waals surface area (Å²) >= 11 is 2.46. The van der Waals surface area contributed by atoms with E-state index in [0.29, 0.717) is 22.4 Å². The van der Waals surface area contributed by atoms with Crippen molar-refractivity contribution in [2.24, 2.45) is 0 Å². The molecule has 10 nitrogen and oxygen atoms in total. The Hall–Kier alpha value is -2.60. The number of aromatic nitrogens is 2. The van der Waals surface area contributed by atoms with Gasteiger partial charge in [0.15, 0.2) is 4.34 Å². The number of urea groups is 1. The molecule has 27 heavy (non-hydrogen) atoms. The molecule has 0 unspecified atom stereocenters. The van der Waals surface area contributed by atoms with Crippen molar-refractivity contribution < 1.29 is 18.8 Å². The van der Waals surface area contributed by atoms with Crippen LogP contribution in [0, 0.1) is 0 Å². The van der Waals surface area contributed by atoms with E-state index in [2.05, 4.69) is 26.3 Å².